The number of aliphatic hydroxyl groups is 1. The fourth-order valence-electron chi connectivity index (χ4n) is 2.98. The first kappa shape index (κ1) is 19.6. The molecule has 0 heterocycles. The van der Waals surface area contributed by atoms with Crippen molar-refractivity contribution in [3.05, 3.63) is 89.5 Å². The molecule has 3 rings (SSSR count). The Hall–Kier alpha value is -2.19. The average Bonchev–Trinajstić information content (AvgIpc) is 2.68. The third kappa shape index (κ3) is 5.40. The van der Waals surface area contributed by atoms with E-state index in [-0.39, 0.29) is 6.79 Å². The minimum atomic E-state index is -0.496. The lowest BCUT2D eigenvalue weighted by atomic mass is 10.1. The lowest BCUT2D eigenvalue weighted by Gasteiger charge is -2.16. The smallest absolute Gasteiger partial charge is 0.188 e. The van der Waals surface area contributed by atoms with Crippen molar-refractivity contribution in [1.29, 1.82) is 0 Å². The quantitative estimate of drug-likeness (QED) is 0.475. The Balaban J connectivity index is 1.91. The Morgan fingerprint density at radius 3 is 2.37 bits per heavy atom. The van der Waals surface area contributed by atoms with Gasteiger partial charge in [0.05, 0.1) is 6.10 Å². The molecule has 0 spiro atoms. The van der Waals surface area contributed by atoms with Crippen LogP contribution in [-0.4, -0.2) is 19.0 Å². The van der Waals surface area contributed by atoms with E-state index in [1.165, 1.54) is 11.1 Å². The van der Waals surface area contributed by atoms with Gasteiger partial charge in [-0.05, 0) is 47.5 Å². The molecular weight excluding hydrogens is 355 g/mol. The van der Waals surface area contributed by atoms with E-state index >= 15 is 0 Å². The van der Waals surface area contributed by atoms with Gasteiger partial charge in [-0.15, -0.1) is 0 Å². The molecule has 0 fully saturated rings. The van der Waals surface area contributed by atoms with Crippen LogP contribution in [0.2, 0.25) is 0 Å². The Bertz CT molecular complexity index is 863. The maximum Gasteiger partial charge on any atom is 0.188 e. The third-order valence-corrected chi connectivity index (χ3v) is 5.69. The van der Waals surface area contributed by atoms with Crippen LogP contribution in [0.4, 0.5) is 0 Å². The van der Waals surface area contributed by atoms with Crippen LogP contribution >= 0.6 is 8.58 Å². The molecule has 1 N–H and O–H groups in total. The van der Waals surface area contributed by atoms with E-state index in [2.05, 4.69) is 42.5 Å². The summed E-state index contributed by atoms with van der Waals surface area (Å²) in [6.07, 6.45) is 0.380. The van der Waals surface area contributed by atoms with E-state index in [4.69, 9.17) is 9.47 Å². The standard InChI is InChI=1S/C23H25O3P/c1-17(24)20-10-6-7-11-22(20)27-23-15-19(12-13-21(23)26-16-25-2)14-18-8-4-3-5-9-18/h3-13,15,17,24,27H,14,16H2,1-2H3. The Kier molecular flexibility index (Phi) is 7.00. The van der Waals surface area contributed by atoms with Crippen molar-refractivity contribution in [3.63, 3.8) is 0 Å². The highest BCUT2D eigenvalue weighted by Crippen LogP contribution is 2.25. The van der Waals surface area contributed by atoms with Gasteiger partial charge in [-0.1, -0.05) is 69.2 Å². The molecule has 0 radical (unpaired) electrons. The van der Waals surface area contributed by atoms with Gasteiger partial charge < -0.3 is 14.6 Å². The zero-order valence-corrected chi connectivity index (χ0v) is 16.7. The molecule has 4 heteroatoms. The fourth-order valence-corrected chi connectivity index (χ4v) is 4.43. The first-order valence-corrected chi connectivity index (χ1v) is 10.00. The summed E-state index contributed by atoms with van der Waals surface area (Å²) in [6, 6.07) is 24.8. The molecular formula is C23H25O3P. The first-order valence-electron chi connectivity index (χ1n) is 9.00. The molecule has 3 aromatic rings. The van der Waals surface area contributed by atoms with E-state index in [1.807, 2.05) is 30.3 Å². The molecule has 3 nitrogen and oxygen atoms in total. The molecule has 0 bridgehead atoms. The number of hydrogen-bond donors (Lipinski definition) is 1. The van der Waals surface area contributed by atoms with Gasteiger partial charge in [0.15, 0.2) is 6.79 Å². The normalized spacial score (nSPS) is 12.4. The predicted octanol–water partition coefficient (Wildman–Crippen LogP) is 3.94. The van der Waals surface area contributed by atoms with Crippen molar-refractivity contribution >= 4 is 19.2 Å². The van der Waals surface area contributed by atoms with Crippen LogP contribution in [0.15, 0.2) is 72.8 Å². The summed E-state index contributed by atoms with van der Waals surface area (Å²) >= 11 is 0. The van der Waals surface area contributed by atoms with Crippen molar-refractivity contribution in [3.8, 4) is 5.75 Å². The molecule has 2 atom stereocenters. The summed E-state index contributed by atoms with van der Waals surface area (Å²) in [4.78, 5) is 0. The zero-order chi connectivity index (χ0) is 19.1. The molecule has 0 amide bonds. The molecule has 0 aliphatic rings. The van der Waals surface area contributed by atoms with E-state index in [1.54, 1.807) is 14.0 Å². The summed E-state index contributed by atoms with van der Waals surface area (Å²) in [5.74, 6) is 0.826. The molecule has 0 aromatic heterocycles. The largest absolute Gasteiger partial charge is 0.467 e. The van der Waals surface area contributed by atoms with Gasteiger partial charge in [0.2, 0.25) is 0 Å². The van der Waals surface area contributed by atoms with Gasteiger partial charge in [-0.25, -0.2) is 0 Å². The van der Waals surface area contributed by atoms with Crippen LogP contribution in [0.1, 0.15) is 29.7 Å². The van der Waals surface area contributed by atoms with Crippen LogP contribution in [0.5, 0.6) is 5.75 Å². The number of rotatable bonds is 8. The zero-order valence-electron chi connectivity index (χ0n) is 15.7. The molecule has 0 saturated carbocycles. The van der Waals surface area contributed by atoms with Crippen molar-refractivity contribution in [2.45, 2.75) is 19.4 Å². The van der Waals surface area contributed by atoms with Crippen LogP contribution in [0.25, 0.3) is 0 Å². The van der Waals surface area contributed by atoms with Gasteiger partial charge in [0.25, 0.3) is 0 Å². The minimum Gasteiger partial charge on any atom is -0.467 e. The highest BCUT2D eigenvalue weighted by Gasteiger charge is 2.12. The van der Waals surface area contributed by atoms with Crippen molar-refractivity contribution in [2.75, 3.05) is 13.9 Å². The number of hydrogen-bond acceptors (Lipinski definition) is 3. The van der Waals surface area contributed by atoms with Crippen molar-refractivity contribution in [2.24, 2.45) is 0 Å². The highest BCUT2D eigenvalue weighted by atomic mass is 31.1. The number of aliphatic hydroxyl groups excluding tert-OH is 1. The van der Waals surface area contributed by atoms with Crippen LogP contribution in [0.3, 0.4) is 0 Å². The van der Waals surface area contributed by atoms with Gasteiger partial charge in [0.1, 0.15) is 5.75 Å². The summed E-state index contributed by atoms with van der Waals surface area (Å²) < 4.78 is 10.9. The molecule has 0 aliphatic carbocycles. The van der Waals surface area contributed by atoms with E-state index in [0.29, 0.717) is 8.58 Å². The van der Waals surface area contributed by atoms with Crippen molar-refractivity contribution in [1.82, 2.24) is 0 Å². The maximum atomic E-state index is 10.1. The second-order valence-corrected chi connectivity index (χ2v) is 7.76. The topological polar surface area (TPSA) is 38.7 Å². The van der Waals surface area contributed by atoms with Crippen molar-refractivity contribution < 1.29 is 14.6 Å². The Labute approximate surface area is 162 Å². The molecule has 0 aliphatic heterocycles. The van der Waals surface area contributed by atoms with Gasteiger partial charge >= 0.3 is 0 Å². The summed E-state index contributed by atoms with van der Waals surface area (Å²) in [5, 5.41) is 12.3. The molecule has 2 unspecified atom stereocenters. The monoisotopic (exact) mass is 380 g/mol. The summed E-state index contributed by atoms with van der Waals surface area (Å²) in [6.45, 7) is 2.02. The number of ether oxygens (including phenoxy) is 2. The second-order valence-electron chi connectivity index (χ2n) is 6.43. The molecule has 3 aromatic carbocycles. The van der Waals surface area contributed by atoms with Gasteiger partial charge in [0, 0.05) is 12.4 Å². The fraction of sp³-hybridized carbons (Fsp3) is 0.217. The predicted molar refractivity (Wildman–Crippen MR) is 113 cm³/mol. The van der Waals surface area contributed by atoms with E-state index in [0.717, 1.165) is 28.3 Å². The van der Waals surface area contributed by atoms with Gasteiger partial charge in [-0.3, -0.25) is 0 Å². The lowest BCUT2D eigenvalue weighted by Crippen LogP contribution is -2.14. The van der Waals surface area contributed by atoms with E-state index in [9.17, 15) is 5.11 Å². The molecule has 140 valence electrons. The van der Waals surface area contributed by atoms with E-state index < -0.39 is 6.10 Å². The summed E-state index contributed by atoms with van der Waals surface area (Å²) in [7, 11) is 2.01. The SMILES string of the molecule is COCOc1ccc(Cc2ccccc2)cc1Pc1ccccc1C(C)O. The van der Waals surface area contributed by atoms with Crippen LogP contribution in [-0.2, 0) is 11.2 Å². The first-order chi connectivity index (χ1) is 13.2. The molecule has 0 saturated heterocycles. The minimum absolute atomic E-state index is 0.216. The lowest BCUT2D eigenvalue weighted by molar-refractivity contribution is 0.0519. The maximum absolute atomic E-state index is 10.1. The molecule has 27 heavy (non-hydrogen) atoms. The summed E-state index contributed by atoms with van der Waals surface area (Å²) in [5.41, 5.74) is 3.48. The second kappa shape index (κ2) is 9.66. The Morgan fingerprint density at radius 1 is 0.889 bits per heavy atom. The number of benzene rings is 3. The number of methoxy groups -OCH3 is 1. The third-order valence-electron chi connectivity index (χ3n) is 4.31. The van der Waals surface area contributed by atoms with Crippen LogP contribution in [0, 0.1) is 0 Å². The average molecular weight is 380 g/mol. The Morgan fingerprint density at radius 2 is 1.63 bits per heavy atom. The highest BCUT2D eigenvalue weighted by molar-refractivity contribution is 7.55. The van der Waals surface area contributed by atoms with Crippen LogP contribution < -0.4 is 15.3 Å². The van der Waals surface area contributed by atoms with Gasteiger partial charge in [-0.2, -0.15) is 0 Å².